The van der Waals surface area contributed by atoms with Gasteiger partial charge in [-0.2, -0.15) is 4.99 Å². The lowest BCUT2D eigenvalue weighted by molar-refractivity contribution is -0.122. The summed E-state index contributed by atoms with van der Waals surface area (Å²) in [7, 11) is 0. The smallest absolute Gasteiger partial charge is 0.274 e. The Hall–Kier alpha value is -1.72. The maximum absolute atomic E-state index is 11.6. The van der Waals surface area contributed by atoms with Crippen molar-refractivity contribution in [2.45, 2.75) is 13.5 Å². The molecule has 0 saturated carbocycles. The average Bonchev–Trinajstić information content (AvgIpc) is 2.85. The molecule has 1 aromatic heterocycles. The molecule has 2 aromatic rings. The molecule has 0 atom stereocenters. The van der Waals surface area contributed by atoms with E-state index >= 15 is 0 Å². The van der Waals surface area contributed by atoms with E-state index in [2.05, 4.69) is 17.1 Å². The molecular formula is C14H16N2O2S. The number of carbonyl (C=O) groups is 1. The Balaban J connectivity index is 2.13. The minimum absolute atomic E-state index is 0.0414. The molecule has 0 aliphatic heterocycles. The first-order chi connectivity index (χ1) is 9.29. The molecule has 19 heavy (non-hydrogen) atoms. The molecule has 0 N–H and O–H groups in total. The van der Waals surface area contributed by atoms with Crippen LogP contribution in [-0.2, 0) is 16.1 Å². The third-order valence-electron chi connectivity index (χ3n) is 2.51. The van der Waals surface area contributed by atoms with Crippen LogP contribution < -0.4 is 4.80 Å². The van der Waals surface area contributed by atoms with Crippen LogP contribution in [0.15, 0.2) is 46.9 Å². The van der Waals surface area contributed by atoms with E-state index in [1.807, 2.05) is 41.3 Å². The number of nitrogens with zero attached hydrogens (tertiary/aromatic N) is 2. The van der Waals surface area contributed by atoms with E-state index in [9.17, 15) is 4.79 Å². The predicted molar refractivity (Wildman–Crippen MR) is 74.9 cm³/mol. The van der Waals surface area contributed by atoms with Crippen molar-refractivity contribution in [1.82, 2.24) is 4.57 Å². The Morgan fingerprint density at radius 1 is 1.37 bits per heavy atom. The van der Waals surface area contributed by atoms with Crippen molar-refractivity contribution in [2.75, 3.05) is 13.2 Å². The zero-order valence-corrected chi connectivity index (χ0v) is 11.6. The number of benzene rings is 1. The molecule has 0 bridgehead atoms. The van der Waals surface area contributed by atoms with Crippen LogP contribution in [0.4, 0.5) is 0 Å². The monoisotopic (exact) mass is 276 g/mol. The largest absolute Gasteiger partial charge is 0.372 e. The second-order valence-corrected chi connectivity index (χ2v) is 4.81. The topological polar surface area (TPSA) is 43.6 Å². The van der Waals surface area contributed by atoms with E-state index in [1.54, 1.807) is 0 Å². The van der Waals surface area contributed by atoms with Gasteiger partial charge in [-0.3, -0.25) is 4.79 Å². The summed E-state index contributed by atoms with van der Waals surface area (Å²) in [5.41, 5.74) is 1.18. The van der Waals surface area contributed by atoms with Crippen LogP contribution in [0.25, 0.3) is 0 Å². The molecule has 1 heterocycles. The number of thiazole rings is 1. The van der Waals surface area contributed by atoms with Crippen molar-refractivity contribution < 1.29 is 9.53 Å². The Morgan fingerprint density at radius 3 is 2.89 bits per heavy atom. The van der Waals surface area contributed by atoms with Crippen molar-refractivity contribution in [1.29, 1.82) is 0 Å². The lowest BCUT2D eigenvalue weighted by Crippen LogP contribution is -2.18. The zero-order chi connectivity index (χ0) is 13.5. The highest BCUT2D eigenvalue weighted by atomic mass is 32.1. The molecular weight excluding hydrogens is 260 g/mol. The Bertz CT molecular complexity index is 587. The molecule has 0 unspecified atom stereocenters. The second kappa shape index (κ2) is 7.01. The van der Waals surface area contributed by atoms with Gasteiger partial charge in [-0.05, 0) is 12.5 Å². The molecule has 2 rings (SSSR count). The number of ether oxygens (including phenoxy) is 1. The van der Waals surface area contributed by atoms with Gasteiger partial charge < -0.3 is 9.30 Å². The van der Waals surface area contributed by atoms with Crippen molar-refractivity contribution in [3.8, 4) is 0 Å². The first kappa shape index (κ1) is 13.7. The minimum Gasteiger partial charge on any atom is -0.372 e. The van der Waals surface area contributed by atoms with Gasteiger partial charge in [0.15, 0.2) is 4.80 Å². The summed E-state index contributed by atoms with van der Waals surface area (Å²) in [6.45, 7) is 3.13. The van der Waals surface area contributed by atoms with Gasteiger partial charge in [0.2, 0.25) is 0 Å². The molecule has 0 aliphatic carbocycles. The standard InChI is InChI=1S/C14H16N2O2S/c1-2-18-11-13(17)15-14-16(8-9-19-14)10-12-6-4-3-5-7-12/h3-9H,2,10-11H2,1H3. The van der Waals surface area contributed by atoms with Gasteiger partial charge in [0, 0.05) is 24.7 Å². The molecule has 0 spiro atoms. The van der Waals surface area contributed by atoms with Gasteiger partial charge >= 0.3 is 0 Å². The molecule has 0 aliphatic rings. The number of hydrogen-bond acceptors (Lipinski definition) is 3. The molecule has 1 amide bonds. The Morgan fingerprint density at radius 2 is 2.16 bits per heavy atom. The molecule has 0 fully saturated rings. The summed E-state index contributed by atoms with van der Waals surface area (Å²) < 4.78 is 7.02. The number of aromatic nitrogens is 1. The summed E-state index contributed by atoms with van der Waals surface area (Å²) in [6, 6.07) is 10.1. The van der Waals surface area contributed by atoms with Crippen LogP contribution in [0.2, 0.25) is 0 Å². The van der Waals surface area contributed by atoms with Gasteiger partial charge in [-0.1, -0.05) is 30.3 Å². The Kier molecular flexibility index (Phi) is 5.06. The van der Waals surface area contributed by atoms with E-state index in [0.717, 1.165) is 0 Å². The normalized spacial score (nSPS) is 11.7. The van der Waals surface area contributed by atoms with E-state index in [4.69, 9.17) is 4.74 Å². The fourth-order valence-electron chi connectivity index (χ4n) is 1.62. The van der Waals surface area contributed by atoms with Crippen LogP contribution in [0.5, 0.6) is 0 Å². The molecule has 5 heteroatoms. The van der Waals surface area contributed by atoms with Gasteiger partial charge in [0.1, 0.15) is 6.61 Å². The summed E-state index contributed by atoms with van der Waals surface area (Å²) in [5, 5.41) is 1.93. The maximum atomic E-state index is 11.6. The zero-order valence-electron chi connectivity index (χ0n) is 10.8. The molecule has 1 aromatic carbocycles. The van der Waals surface area contributed by atoms with Gasteiger partial charge in [0.25, 0.3) is 5.91 Å². The van der Waals surface area contributed by atoms with Crippen LogP contribution >= 0.6 is 11.3 Å². The minimum atomic E-state index is -0.244. The highest BCUT2D eigenvalue weighted by molar-refractivity contribution is 7.07. The van der Waals surface area contributed by atoms with Crippen LogP contribution in [0.1, 0.15) is 12.5 Å². The van der Waals surface area contributed by atoms with Crippen LogP contribution in [0.3, 0.4) is 0 Å². The van der Waals surface area contributed by atoms with Crippen LogP contribution in [0, 0.1) is 0 Å². The summed E-state index contributed by atoms with van der Waals surface area (Å²) in [6.07, 6.45) is 1.93. The quantitative estimate of drug-likeness (QED) is 0.839. The third-order valence-corrected chi connectivity index (χ3v) is 3.30. The lowest BCUT2D eigenvalue weighted by atomic mass is 10.2. The van der Waals surface area contributed by atoms with Gasteiger partial charge in [0.05, 0.1) is 0 Å². The molecule has 100 valence electrons. The highest BCUT2D eigenvalue weighted by Crippen LogP contribution is 2.01. The summed E-state index contributed by atoms with van der Waals surface area (Å²) in [4.78, 5) is 16.3. The van der Waals surface area contributed by atoms with Crippen molar-refractivity contribution in [2.24, 2.45) is 4.99 Å². The maximum Gasteiger partial charge on any atom is 0.274 e. The molecule has 0 saturated heterocycles. The number of amides is 1. The lowest BCUT2D eigenvalue weighted by Gasteiger charge is -2.02. The van der Waals surface area contributed by atoms with Gasteiger partial charge in [-0.25, -0.2) is 0 Å². The second-order valence-electron chi connectivity index (χ2n) is 3.94. The molecule has 0 radical (unpaired) electrons. The Labute approximate surface area is 116 Å². The molecule has 4 nitrogen and oxygen atoms in total. The summed E-state index contributed by atoms with van der Waals surface area (Å²) >= 11 is 1.45. The highest BCUT2D eigenvalue weighted by Gasteiger charge is 2.01. The SMILES string of the molecule is CCOCC(=O)N=c1sccn1Cc1ccccc1. The fourth-order valence-corrected chi connectivity index (χ4v) is 2.36. The van der Waals surface area contributed by atoms with E-state index < -0.39 is 0 Å². The summed E-state index contributed by atoms with van der Waals surface area (Å²) in [5.74, 6) is -0.244. The first-order valence-electron chi connectivity index (χ1n) is 6.12. The fraction of sp³-hybridized carbons (Fsp3) is 0.286. The first-order valence-corrected chi connectivity index (χ1v) is 7.00. The van der Waals surface area contributed by atoms with Crippen LogP contribution in [-0.4, -0.2) is 23.7 Å². The van der Waals surface area contributed by atoms with E-state index in [0.29, 0.717) is 18.0 Å². The average molecular weight is 276 g/mol. The predicted octanol–water partition coefficient (Wildman–Crippen LogP) is 2.06. The third kappa shape index (κ3) is 4.15. The number of hydrogen-bond donors (Lipinski definition) is 0. The van der Waals surface area contributed by atoms with E-state index in [-0.39, 0.29) is 12.5 Å². The number of rotatable bonds is 5. The number of carbonyl (C=O) groups excluding carboxylic acids is 1. The van der Waals surface area contributed by atoms with Gasteiger partial charge in [-0.15, -0.1) is 11.3 Å². The van der Waals surface area contributed by atoms with E-state index in [1.165, 1.54) is 16.9 Å². The van der Waals surface area contributed by atoms with Crippen molar-refractivity contribution in [3.05, 3.63) is 52.3 Å². The van der Waals surface area contributed by atoms with Crippen molar-refractivity contribution >= 4 is 17.2 Å². The van der Waals surface area contributed by atoms with Crippen molar-refractivity contribution in [3.63, 3.8) is 0 Å².